The predicted molar refractivity (Wildman–Crippen MR) is 117 cm³/mol. The summed E-state index contributed by atoms with van der Waals surface area (Å²) in [4.78, 5) is 6.86. The first-order chi connectivity index (χ1) is 10.9. The maximum Gasteiger partial charge on any atom is 0.191 e. The summed E-state index contributed by atoms with van der Waals surface area (Å²) in [5.74, 6) is 2.30. The minimum Gasteiger partial charge on any atom is -0.357 e. The first-order valence-electron chi connectivity index (χ1n) is 8.38. The molecule has 0 amide bonds. The highest BCUT2D eigenvalue weighted by Crippen LogP contribution is 2.10. The molecule has 2 N–H and O–H groups in total. The SMILES string of the molecule is CCNC(=NCCCSC)NC1CCN(CCS(C)(=O)=O)CC1.I. The molecule has 0 aromatic carbocycles. The van der Waals surface area contributed by atoms with Gasteiger partial charge < -0.3 is 15.5 Å². The van der Waals surface area contributed by atoms with Crippen molar-refractivity contribution in [3.05, 3.63) is 0 Å². The van der Waals surface area contributed by atoms with Crippen LogP contribution in [-0.4, -0.2) is 82.1 Å². The highest BCUT2D eigenvalue weighted by Gasteiger charge is 2.20. The van der Waals surface area contributed by atoms with Gasteiger partial charge in [-0.15, -0.1) is 24.0 Å². The van der Waals surface area contributed by atoms with Gasteiger partial charge in [-0.25, -0.2) is 8.42 Å². The summed E-state index contributed by atoms with van der Waals surface area (Å²) in [6.07, 6.45) is 6.57. The van der Waals surface area contributed by atoms with Crippen molar-refractivity contribution in [2.24, 2.45) is 4.99 Å². The van der Waals surface area contributed by atoms with E-state index in [1.165, 1.54) is 6.26 Å². The second-order valence-electron chi connectivity index (χ2n) is 6.00. The van der Waals surface area contributed by atoms with Crippen LogP contribution in [0.5, 0.6) is 0 Å². The van der Waals surface area contributed by atoms with Gasteiger partial charge in [0.2, 0.25) is 0 Å². The molecule has 0 aromatic heterocycles. The number of guanidine groups is 1. The summed E-state index contributed by atoms with van der Waals surface area (Å²) < 4.78 is 22.5. The highest BCUT2D eigenvalue weighted by atomic mass is 127. The molecule has 9 heteroatoms. The normalized spacial score (nSPS) is 17.4. The average Bonchev–Trinajstić information content (AvgIpc) is 2.50. The molecule has 1 heterocycles. The van der Waals surface area contributed by atoms with Gasteiger partial charge in [-0.3, -0.25) is 4.99 Å². The molecule has 0 spiro atoms. The Labute approximate surface area is 168 Å². The van der Waals surface area contributed by atoms with Crippen molar-refractivity contribution in [1.29, 1.82) is 0 Å². The number of thioether (sulfide) groups is 1. The Morgan fingerprint density at radius 1 is 1.33 bits per heavy atom. The Kier molecular flexibility index (Phi) is 13.6. The molecule has 0 aromatic rings. The fraction of sp³-hybridized carbons (Fsp3) is 0.933. The van der Waals surface area contributed by atoms with E-state index in [1.807, 2.05) is 11.8 Å². The van der Waals surface area contributed by atoms with Crippen molar-refractivity contribution in [1.82, 2.24) is 15.5 Å². The number of hydrogen-bond donors (Lipinski definition) is 2. The van der Waals surface area contributed by atoms with Crippen LogP contribution in [0.2, 0.25) is 0 Å². The maximum atomic E-state index is 11.2. The number of halogens is 1. The molecule has 6 nitrogen and oxygen atoms in total. The van der Waals surface area contributed by atoms with Crippen molar-refractivity contribution in [2.75, 3.05) is 56.7 Å². The lowest BCUT2D eigenvalue weighted by molar-refractivity contribution is 0.216. The number of piperidine rings is 1. The van der Waals surface area contributed by atoms with Crippen LogP contribution in [0, 0.1) is 0 Å². The molecule has 1 aliphatic rings. The molecule has 0 bridgehead atoms. The lowest BCUT2D eigenvalue weighted by Crippen LogP contribution is -2.49. The van der Waals surface area contributed by atoms with Gasteiger partial charge in [0.1, 0.15) is 9.84 Å². The smallest absolute Gasteiger partial charge is 0.191 e. The fourth-order valence-electron chi connectivity index (χ4n) is 2.51. The number of hydrogen-bond acceptors (Lipinski definition) is 5. The van der Waals surface area contributed by atoms with Crippen LogP contribution in [0.3, 0.4) is 0 Å². The summed E-state index contributed by atoms with van der Waals surface area (Å²) >= 11 is 1.85. The quantitative estimate of drug-likeness (QED) is 0.220. The zero-order valence-corrected chi connectivity index (χ0v) is 19.0. The molecule has 0 aliphatic carbocycles. The molecule has 1 aliphatic heterocycles. The van der Waals surface area contributed by atoms with Crippen LogP contribution in [0.15, 0.2) is 4.99 Å². The molecule has 0 radical (unpaired) electrons. The number of nitrogens with zero attached hydrogens (tertiary/aromatic N) is 2. The number of nitrogens with one attached hydrogen (secondary N) is 2. The van der Waals surface area contributed by atoms with Crippen LogP contribution in [-0.2, 0) is 9.84 Å². The van der Waals surface area contributed by atoms with Gasteiger partial charge in [0.25, 0.3) is 0 Å². The largest absolute Gasteiger partial charge is 0.357 e. The number of rotatable bonds is 9. The van der Waals surface area contributed by atoms with Crippen LogP contribution < -0.4 is 10.6 Å². The molecular weight excluding hydrogens is 459 g/mol. The first kappa shape index (κ1) is 24.3. The fourth-order valence-corrected chi connectivity index (χ4v) is 3.52. The molecule has 1 rings (SSSR count). The molecule has 0 unspecified atom stereocenters. The Hall–Kier alpha value is 0.260. The third-order valence-electron chi connectivity index (χ3n) is 3.83. The second-order valence-corrected chi connectivity index (χ2v) is 9.24. The van der Waals surface area contributed by atoms with Gasteiger partial charge in [-0.2, -0.15) is 11.8 Å². The Balaban J connectivity index is 0.00000529. The number of sulfone groups is 1. The summed E-state index contributed by atoms with van der Waals surface area (Å²) in [5.41, 5.74) is 0. The van der Waals surface area contributed by atoms with Crippen LogP contribution in [0.1, 0.15) is 26.2 Å². The van der Waals surface area contributed by atoms with E-state index in [1.54, 1.807) is 0 Å². The molecule has 24 heavy (non-hydrogen) atoms. The minimum absolute atomic E-state index is 0. The van der Waals surface area contributed by atoms with Gasteiger partial charge in [-0.1, -0.05) is 0 Å². The van der Waals surface area contributed by atoms with Crippen LogP contribution >= 0.6 is 35.7 Å². The van der Waals surface area contributed by atoms with Crippen molar-refractivity contribution >= 4 is 51.5 Å². The van der Waals surface area contributed by atoms with Gasteiger partial charge in [0, 0.05) is 45.0 Å². The van der Waals surface area contributed by atoms with Crippen molar-refractivity contribution in [3.8, 4) is 0 Å². The van der Waals surface area contributed by atoms with E-state index in [0.717, 1.165) is 57.2 Å². The third-order valence-corrected chi connectivity index (χ3v) is 5.45. The topological polar surface area (TPSA) is 73.8 Å². The summed E-state index contributed by atoms with van der Waals surface area (Å²) in [6.45, 7) is 6.32. The Bertz CT molecular complexity index is 452. The summed E-state index contributed by atoms with van der Waals surface area (Å²) in [7, 11) is -2.87. The maximum absolute atomic E-state index is 11.2. The molecule has 0 atom stereocenters. The van der Waals surface area contributed by atoms with E-state index in [-0.39, 0.29) is 29.7 Å². The van der Waals surface area contributed by atoms with Gasteiger partial charge >= 0.3 is 0 Å². The van der Waals surface area contributed by atoms with Crippen molar-refractivity contribution in [2.45, 2.75) is 32.2 Å². The molecular formula is C15H33IN4O2S2. The Morgan fingerprint density at radius 2 is 2.00 bits per heavy atom. The van der Waals surface area contributed by atoms with Gasteiger partial charge in [-0.05, 0) is 38.2 Å². The second kappa shape index (κ2) is 13.5. The van der Waals surface area contributed by atoms with E-state index in [9.17, 15) is 8.42 Å². The average molecular weight is 492 g/mol. The lowest BCUT2D eigenvalue weighted by atomic mass is 10.1. The zero-order chi connectivity index (χ0) is 17.1. The Morgan fingerprint density at radius 3 is 2.54 bits per heavy atom. The monoisotopic (exact) mass is 492 g/mol. The molecule has 0 saturated carbocycles. The van der Waals surface area contributed by atoms with E-state index >= 15 is 0 Å². The predicted octanol–water partition coefficient (Wildman–Crippen LogP) is 1.42. The van der Waals surface area contributed by atoms with E-state index in [2.05, 4.69) is 33.7 Å². The van der Waals surface area contributed by atoms with E-state index in [0.29, 0.717) is 12.6 Å². The number of likely N-dealkylation sites (tertiary alicyclic amines) is 1. The third kappa shape index (κ3) is 11.8. The van der Waals surface area contributed by atoms with Crippen molar-refractivity contribution in [3.63, 3.8) is 0 Å². The number of aliphatic imine (C=N–C) groups is 1. The van der Waals surface area contributed by atoms with Crippen LogP contribution in [0.4, 0.5) is 0 Å². The lowest BCUT2D eigenvalue weighted by Gasteiger charge is -2.32. The van der Waals surface area contributed by atoms with E-state index < -0.39 is 9.84 Å². The van der Waals surface area contributed by atoms with E-state index in [4.69, 9.17) is 0 Å². The summed E-state index contributed by atoms with van der Waals surface area (Å²) in [5, 5.41) is 6.82. The highest BCUT2D eigenvalue weighted by molar-refractivity contribution is 14.0. The van der Waals surface area contributed by atoms with Gasteiger partial charge in [0.15, 0.2) is 5.96 Å². The minimum atomic E-state index is -2.87. The molecule has 1 fully saturated rings. The van der Waals surface area contributed by atoms with Gasteiger partial charge in [0.05, 0.1) is 5.75 Å². The molecule has 144 valence electrons. The first-order valence-corrected chi connectivity index (χ1v) is 11.8. The summed E-state index contributed by atoms with van der Waals surface area (Å²) in [6, 6.07) is 0.419. The standard InChI is InChI=1S/C15H32N4O2S2.HI/c1-4-16-15(17-8-5-12-22-2)18-14-6-9-19(10-7-14)11-13-23(3,20)21;/h14H,4-13H2,1-3H3,(H2,16,17,18);1H. The van der Waals surface area contributed by atoms with Crippen molar-refractivity contribution < 1.29 is 8.42 Å². The van der Waals surface area contributed by atoms with Crippen LogP contribution in [0.25, 0.3) is 0 Å². The molecule has 1 saturated heterocycles. The zero-order valence-electron chi connectivity index (χ0n) is 15.1.